The Morgan fingerprint density at radius 3 is 2.83 bits per heavy atom. The van der Waals surface area contributed by atoms with Crippen molar-refractivity contribution in [1.29, 1.82) is 0 Å². The van der Waals surface area contributed by atoms with Crippen LogP contribution in [-0.2, 0) is 4.74 Å². The molecule has 1 aliphatic rings. The van der Waals surface area contributed by atoms with E-state index < -0.39 is 0 Å². The van der Waals surface area contributed by atoms with Crippen molar-refractivity contribution in [3.05, 3.63) is 48.9 Å². The van der Waals surface area contributed by atoms with Crippen molar-refractivity contribution in [3.8, 4) is 0 Å². The first-order chi connectivity index (χ1) is 11.4. The fourth-order valence-corrected chi connectivity index (χ4v) is 3.37. The first-order valence-corrected chi connectivity index (χ1v) is 8.40. The molecule has 0 bridgehead atoms. The van der Waals surface area contributed by atoms with Gasteiger partial charge < -0.3 is 18.8 Å². The van der Waals surface area contributed by atoms with E-state index in [1.54, 1.807) is 6.26 Å². The summed E-state index contributed by atoms with van der Waals surface area (Å²) in [5.74, 6) is 0. The number of benzene rings is 1. The lowest BCUT2D eigenvalue weighted by Gasteiger charge is -2.30. The second kappa shape index (κ2) is 6.52. The van der Waals surface area contributed by atoms with Gasteiger partial charge in [0.1, 0.15) is 0 Å². The number of nitrogens with one attached hydrogen (secondary N) is 1. The number of morpholine rings is 1. The number of pyridine rings is 1. The van der Waals surface area contributed by atoms with Crippen LogP contribution in [-0.4, -0.2) is 31.3 Å². The minimum atomic E-state index is 0.774. The van der Waals surface area contributed by atoms with Crippen LogP contribution >= 0.6 is 11.9 Å². The number of hydrogen-bond acceptors (Lipinski definition) is 6. The van der Waals surface area contributed by atoms with Crippen molar-refractivity contribution in [1.82, 2.24) is 4.98 Å². The standard InChI is InChI=1S/C17H17N3O2S/c1-3-13-15(20-8-11-21-12-9-20)6-5-14(17(13)18-7-1)19-23-16-4-2-10-22-16/h1-7,10,19H,8-9,11-12H2. The summed E-state index contributed by atoms with van der Waals surface area (Å²) in [5, 5.41) is 1.98. The Hall–Kier alpha value is -2.18. The van der Waals surface area contributed by atoms with E-state index >= 15 is 0 Å². The molecule has 0 amide bonds. The predicted octanol–water partition coefficient (Wildman–Crippen LogP) is 3.78. The van der Waals surface area contributed by atoms with Crippen LogP contribution < -0.4 is 9.62 Å². The van der Waals surface area contributed by atoms with E-state index in [4.69, 9.17) is 9.15 Å². The highest BCUT2D eigenvalue weighted by Crippen LogP contribution is 2.33. The summed E-state index contributed by atoms with van der Waals surface area (Å²) in [4.78, 5) is 6.93. The van der Waals surface area contributed by atoms with Gasteiger partial charge in [-0.1, -0.05) is 0 Å². The summed E-state index contributed by atoms with van der Waals surface area (Å²) in [7, 11) is 0. The van der Waals surface area contributed by atoms with E-state index in [1.165, 1.54) is 17.6 Å². The first kappa shape index (κ1) is 14.4. The van der Waals surface area contributed by atoms with E-state index in [0.717, 1.165) is 48.0 Å². The maximum atomic E-state index is 5.45. The number of nitrogens with zero attached hydrogens (tertiary/aromatic N) is 2. The summed E-state index contributed by atoms with van der Waals surface area (Å²) in [6.45, 7) is 3.38. The van der Waals surface area contributed by atoms with Gasteiger partial charge in [-0.2, -0.15) is 0 Å². The third-order valence-electron chi connectivity index (χ3n) is 3.86. The Morgan fingerprint density at radius 2 is 2.00 bits per heavy atom. The molecule has 0 aliphatic carbocycles. The average Bonchev–Trinajstić information content (AvgIpc) is 3.14. The second-order valence-corrected chi connectivity index (χ2v) is 6.08. The van der Waals surface area contributed by atoms with Gasteiger partial charge in [0.15, 0.2) is 5.09 Å². The molecule has 1 saturated heterocycles. The highest BCUT2D eigenvalue weighted by molar-refractivity contribution is 8.00. The fraction of sp³-hybridized carbons (Fsp3) is 0.235. The molecule has 2 aromatic heterocycles. The lowest BCUT2D eigenvalue weighted by molar-refractivity contribution is 0.123. The molecule has 0 spiro atoms. The Balaban J connectivity index is 1.67. The van der Waals surface area contributed by atoms with Gasteiger partial charge in [0.2, 0.25) is 0 Å². The van der Waals surface area contributed by atoms with Crippen LogP contribution in [0.4, 0.5) is 11.4 Å². The largest absolute Gasteiger partial charge is 0.456 e. The lowest BCUT2D eigenvalue weighted by Crippen LogP contribution is -2.36. The molecular weight excluding hydrogens is 310 g/mol. The van der Waals surface area contributed by atoms with Gasteiger partial charge in [-0.3, -0.25) is 4.98 Å². The molecule has 1 fully saturated rings. The number of aromatic nitrogens is 1. The molecule has 0 unspecified atom stereocenters. The predicted molar refractivity (Wildman–Crippen MR) is 93.0 cm³/mol. The zero-order chi connectivity index (χ0) is 15.5. The summed E-state index contributed by atoms with van der Waals surface area (Å²) in [5.41, 5.74) is 3.17. The van der Waals surface area contributed by atoms with Gasteiger partial charge in [-0.25, -0.2) is 0 Å². The Morgan fingerprint density at radius 1 is 1.09 bits per heavy atom. The number of ether oxygens (including phenoxy) is 1. The van der Waals surface area contributed by atoms with Crippen LogP contribution in [0.5, 0.6) is 0 Å². The van der Waals surface area contributed by atoms with Gasteiger partial charge in [0.05, 0.1) is 30.7 Å². The van der Waals surface area contributed by atoms with Crippen molar-refractivity contribution in [3.63, 3.8) is 0 Å². The topological polar surface area (TPSA) is 50.5 Å². The van der Waals surface area contributed by atoms with Crippen molar-refractivity contribution in [2.24, 2.45) is 0 Å². The molecule has 23 heavy (non-hydrogen) atoms. The molecule has 1 aromatic carbocycles. The average molecular weight is 327 g/mol. The van der Waals surface area contributed by atoms with Gasteiger partial charge >= 0.3 is 0 Å². The molecule has 0 radical (unpaired) electrons. The maximum Gasteiger partial charge on any atom is 0.180 e. The SMILES string of the molecule is c1coc(SNc2ccc(N3CCOCC3)c3cccnc23)c1. The molecule has 1 aliphatic heterocycles. The minimum absolute atomic E-state index is 0.774. The molecule has 3 aromatic rings. The van der Waals surface area contributed by atoms with Crippen molar-refractivity contribution in [2.45, 2.75) is 5.09 Å². The Labute approximate surface area is 138 Å². The van der Waals surface area contributed by atoms with E-state index in [1.807, 2.05) is 24.4 Å². The van der Waals surface area contributed by atoms with Crippen LogP contribution in [0, 0.1) is 0 Å². The van der Waals surface area contributed by atoms with Crippen molar-refractivity contribution >= 4 is 34.2 Å². The lowest BCUT2D eigenvalue weighted by atomic mass is 10.1. The third-order valence-corrected chi connectivity index (χ3v) is 4.61. The van der Waals surface area contributed by atoms with Crippen LogP contribution in [0.15, 0.2) is 58.4 Å². The first-order valence-electron chi connectivity index (χ1n) is 7.58. The Kier molecular flexibility index (Phi) is 4.08. The van der Waals surface area contributed by atoms with Crippen LogP contribution in [0.25, 0.3) is 10.9 Å². The molecular formula is C17H17N3O2S. The maximum absolute atomic E-state index is 5.45. The number of rotatable bonds is 4. The summed E-state index contributed by atoms with van der Waals surface area (Å²) >= 11 is 1.45. The summed E-state index contributed by atoms with van der Waals surface area (Å²) in [6.07, 6.45) is 3.50. The van der Waals surface area contributed by atoms with E-state index in [2.05, 4.69) is 32.8 Å². The smallest absolute Gasteiger partial charge is 0.180 e. The van der Waals surface area contributed by atoms with E-state index in [9.17, 15) is 0 Å². The van der Waals surface area contributed by atoms with Gasteiger partial charge in [-0.05, 0) is 36.4 Å². The van der Waals surface area contributed by atoms with Crippen molar-refractivity contribution < 1.29 is 9.15 Å². The molecule has 5 nitrogen and oxygen atoms in total. The fourth-order valence-electron chi connectivity index (χ4n) is 2.75. The van der Waals surface area contributed by atoms with Gasteiger partial charge in [-0.15, -0.1) is 0 Å². The molecule has 3 heterocycles. The van der Waals surface area contributed by atoms with Gasteiger partial charge in [0, 0.05) is 42.3 Å². The van der Waals surface area contributed by atoms with Crippen LogP contribution in [0.1, 0.15) is 0 Å². The monoisotopic (exact) mass is 327 g/mol. The summed E-state index contributed by atoms with van der Waals surface area (Å²) < 4.78 is 14.1. The van der Waals surface area contributed by atoms with Gasteiger partial charge in [0.25, 0.3) is 0 Å². The quantitative estimate of drug-likeness (QED) is 0.736. The number of fused-ring (bicyclic) bond motifs is 1. The number of furan rings is 1. The zero-order valence-electron chi connectivity index (χ0n) is 12.6. The van der Waals surface area contributed by atoms with Crippen molar-refractivity contribution in [2.75, 3.05) is 35.9 Å². The minimum Gasteiger partial charge on any atom is -0.456 e. The Bertz CT molecular complexity index is 786. The zero-order valence-corrected chi connectivity index (χ0v) is 13.4. The highest BCUT2D eigenvalue weighted by Gasteiger charge is 2.15. The highest BCUT2D eigenvalue weighted by atomic mass is 32.2. The molecule has 1 N–H and O–H groups in total. The molecule has 118 valence electrons. The second-order valence-electron chi connectivity index (χ2n) is 5.27. The van der Waals surface area contributed by atoms with Crippen LogP contribution in [0.3, 0.4) is 0 Å². The number of hydrogen-bond donors (Lipinski definition) is 1. The summed E-state index contributed by atoms with van der Waals surface area (Å²) in [6, 6.07) is 12.1. The molecule has 0 atom stereocenters. The van der Waals surface area contributed by atoms with E-state index in [0.29, 0.717) is 0 Å². The number of anilines is 2. The van der Waals surface area contributed by atoms with Crippen LogP contribution in [0.2, 0.25) is 0 Å². The normalized spacial score (nSPS) is 15.0. The third kappa shape index (κ3) is 3.00. The molecule has 4 rings (SSSR count). The van der Waals surface area contributed by atoms with E-state index in [-0.39, 0.29) is 0 Å². The molecule has 0 saturated carbocycles. The molecule has 6 heteroatoms.